The lowest BCUT2D eigenvalue weighted by atomic mass is 9.83. The van der Waals surface area contributed by atoms with Crippen molar-refractivity contribution in [3.63, 3.8) is 0 Å². The Morgan fingerprint density at radius 3 is 2.12 bits per heavy atom. The molecular formula is C20H17F7N2O2S. The van der Waals surface area contributed by atoms with E-state index in [9.17, 15) is 39.2 Å². The Kier molecular flexibility index (Phi) is 5.05. The smallest absolute Gasteiger partial charge is 0.383 e. The minimum atomic E-state index is -6.26. The zero-order valence-electron chi connectivity index (χ0n) is 16.2. The number of hydrogen-bond donors (Lipinski definition) is 2. The maximum absolute atomic E-state index is 14.6. The number of alkyl halides is 7. The van der Waals surface area contributed by atoms with Gasteiger partial charge in [0.25, 0.3) is 0 Å². The van der Waals surface area contributed by atoms with Gasteiger partial charge in [-0.2, -0.15) is 26.3 Å². The molecule has 12 heteroatoms. The number of sulfone groups is 1. The van der Waals surface area contributed by atoms with E-state index in [1.54, 1.807) is 6.07 Å². The lowest BCUT2D eigenvalue weighted by molar-refractivity contribution is -0.348. The fraction of sp³-hybridized carbons (Fsp3) is 0.400. The van der Waals surface area contributed by atoms with Crippen molar-refractivity contribution in [3.05, 3.63) is 59.7 Å². The fourth-order valence-corrected chi connectivity index (χ4v) is 6.90. The van der Waals surface area contributed by atoms with Crippen LogP contribution in [0.1, 0.15) is 17.5 Å². The first kappa shape index (κ1) is 22.8. The number of nitrogens with one attached hydrogen (secondary N) is 2. The van der Waals surface area contributed by atoms with Gasteiger partial charge in [-0.25, -0.2) is 12.8 Å². The summed E-state index contributed by atoms with van der Waals surface area (Å²) in [5.74, 6) is 0. The summed E-state index contributed by atoms with van der Waals surface area (Å²) in [6.07, 6.45) is -12.5. The van der Waals surface area contributed by atoms with Crippen LogP contribution in [-0.2, 0) is 20.3 Å². The summed E-state index contributed by atoms with van der Waals surface area (Å²) in [4.78, 5) is -0.0314. The SMILES string of the molecule is O=S(=O)(c1ccccc1)C12CCNC1CNc1cc(C(F)(C(F)(F)F)C(F)(F)F)ccc12. The van der Waals surface area contributed by atoms with Gasteiger partial charge in [-0.1, -0.05) is 30.3 Å². The molecule has 0 amide bonds. The lowest BCUT2D eigenvalue weighted by Crippen LogP contribution is -2.53. The minimum absolute atomic E-state index is 0.00180. The third kappa shape index (κ3) is 2.95. The van der Waals surface area contributed by atoms with Gasteiger partial charge in [0, 0.05) is 23.8 Å². The topological polar surface area (TPSA) is 58.2 Å². The van der Waals surface area contributed by atoms with Crippen molar-refractivity contribution in [2.45, 2.75) is 40.1 Å². The number of fused-ring (bicyclic) bond motifs is 3. The normalized spacial score (nSPS) is 23.9. The van der Waals surface area contributed by atoms with Crippen molar-refractivity contribution in [2.24, 2.45) is 0 Å². The van der Waals surface area contributed by atoms with E-state index >= 15 is 0 Å². The van der Waals surface area contributed by atoms with Gasteiger partial charge in [0.2, 0.25) is 0 Å². The van der Waals surface area contributed by atoms with Crippen LogP contribution in [-0.4, -0.2) is 39.9 Å². The molecular weight excluding hydrogens is 465 g/mol. The predicted molar refractivity (Wildman–Crippen MR) is 102 cm³/mol. The molecule has 2 heterocycles. The van der Waals surface area contributed by atoms with Crippen LogP contribution in [0.4, 0.5) is 36.4 Å². The molecule has 2 aromatic carbocycles. The van der Waals surface area contributed by atoms with Gasteiger partial charge in [-0.15, -0.1) is 0 Å². The summed E-state index contributed by atoms with van der Waals surface area (Å²) in [6.45, 7) is 0.178. The molecule has 1 fully saturated rings. The Balaban J connectivity index is 1.93. The highest BCUT2D eigenvalue weighted by atomic mass is 32.2. The molecule has 2 aliphatic heterocycles. The van der Waals surface area contributed by atoms with Crippen LogP contribution in [0.5, 0.6) is 0 Å². The second kappa shape index (κ2) is 7.08. The number of hydrogen-bond acceptors (Lipinski definition) is 4. The number of halogens is 7. The molecule has 2 atom stereocenters. The second-order valence-electron chi connectivity index (χ2n) is 7.76. The van der Waals surface area contributed by atoms with Crippen molar-refractivity contribution in [3.8, 4) is 0 Å². The van der Waals surface area contributed by atoms with Gasteiger partial charge in [0.05, 0.1) is 4.90 Å². The van der Waals surface area contributed by atoms with E-state index < -0.39 is 44.2 Å². The van der Waals surface area contributed by atoms with E-state index in [1.165, 1.54) is 24.3 Å². The van der Waals surface area contributed by atoms with E-state index in [-0.39, 0.29) is 35.7 Å². The van der Waals surface area contributed by atoms with E-state index in [0.717, 1.165) is 6.07 Å². The largest absolute Gasteiger partial charge is 0.435 e. The molecule has 2 unspecified atom stereocenters. The maximum atomic E-state index is 14.6. The molecule has 0 aliphatic carbocycles. The van der Waals surface area contributed by atoms with Crippen molar-refractivity contribution < 1.29 is 39.2 Å². The molecule has 0 saturated carbocycles. The molecule has 0 bridgehead atoms. The van der Waals surface area contributed by atoms with Crippen LogP contribution < -0.4 is 10.6 Å². The molecule has 174 valence electrons. The minimum Gasteiger partial charge on any atom is -0.383 e. The Morgan fingerprint density at radius 2 is 1.53 bits per heavy atom. The van der Waals surface area contributed by atoms with E-state index in [0.29, 0.717) is 12.1 Å². The van der Waals surface area contributed by atoms with Crippen LogP contribution in [0.3, 0.4) is 0 Å². The van der Waals surface area contributed by atoms with Crippen molar-refractivity contribution in [1.82, 2.24) is 5.32 Å². The maximum Gasteiger partial charge on any atom is 0.435 e. The molecule has 4 rings (SSSR count). The first-order valence-corrected chi connectivity index (χ1v) is 11.0. The van der Waals surface area contributed by atoms with Crippen molar-refractivity contribution in [1.29, 1.82) is 0 Å². The summed E-state index contributed by atoms with van der Waals surface area (Å²) in [5, 5.41) is 5.70. The summed E-state index contributed by atoms with van der Waals surface area (Å²) < 4.78 is 119. The Hall–Kier alpha value is -2.34. The summed E-state index contributed by atoms with van der Waals surface area (Å²) in [5.41, 5.74) is -7.55. The molecule has 2 N–H and O–H groups in total. The number of benzene rings is 2. The highest BCUT2D eigenvalue weighted by Crippen LogP contribution is 2.55. The molecule has 2 aromatic rings. The number of anilines is 1. The average molecular weight is 482 g/mol. The third-order valence-electron chi connectivity index (χ3n) is 6.13. The Labute approximate surface area is 178 Å². The zero-order chi connectivity index (χ0) is 23.6. The predicted octanol–water partition coefficient (Wildman–Crippen LogP) is 4.43. The molecule has 1 saturated heterocycles. The van der Waals surface area contributed by atoms with Crippen molar-refractivity contribution >= 4 is 15.5 Å². The second-order valence-corrected chi connectivity index (χ2v) is 9.96. The van der Waals surface area contributed by atoms with Crippen LogP contribution >= 0.6 is 0 Å². The van der Waals surface area contributed by atoms with E-state index in [1.807, 2.05) is 0 Å². The lowest BCUT2D eigenvalue weighted by Gasteiger charge is -2.41. The third-order valence-corrected chi connectivity index (χ3v) is 8.69. The van der Waals surface area contributed by atoms with Crippen LogP contribution in [0.25, 0.3) is 0 Å². The molecule has 0 radical (unpaired) electrons. The van der Waals surface area contributed by atoms with Gasteiger partial charge >= 0.3 is 18.0 Å². The summed E-state index contributed by atoms with van der Waals surface area (Å²) in [7, 11) is -4.12. The van der Waals surface area contributed by atoms with Gasteiger partial charge < -0.3 is 10.6 Å². The highest BCUT2D eigenvalue weighted by molar-refractivity contribution is 7.92. The monoisotopic (exact) mass is 482 g/mol. The first-order chi connectivity index (χ1) is 14.8. The van der Waals surface area contributed by atoms with Gasteiger partial charge in [0.15, 0.2) is 9.84 Å². The summed E-state index contributed by atoms with van der Waals surface area (Å²) >= 11 is 0. The average Bonchev–Trinajstić information content (AvgIpc) is 3.18. The van der Waals surface area contributed by atoms with Crippen LogP contribution in [0.15, 0.2) is 53.4 Å². The zero-order valence-corrected chi connectivity index (χ0v) is 17.0. The fourth-order valence-electron chi connectivity index (χ4n) is 4.58. The van der Waals surface area contributed by atoms with E-state index in [2.05, 4.69) is 10.6 Å². The first-order valence-electron chi connectivity index (χ1n) is 9.51. The quantitative estimate of drug-likeness (QED) is 0.636. The van der Waals surface area contributed by atoms with Crippen LogP contribution in [0.2, 0.25) is 0 Å². The highest BCUT2D eigenvalue weighted by Gasteiger charge is 2.73. The molecule has 2 aliphatic rings. The van der Waals surface area contributed by atoms with E-state index in [4.69, 9.17) is 0 Å². The summed E-state index contributed by atoms with van der Waals surface area (Å²) in [6, 6.07) is 8.31. The van der Waals surface area contributed by atoms with Gasteiger partial charge in [-0.3, -0.25) is 0 Å². The number of rotatable bonds is 3. The Morgan fingerprint density at radius 1 is 0.906 bits per heavy atom. The van der Waals surface area contributed by atoms with Crippen molar-refractivity contribution in [2.75, 3.05) is 18.4 Å². The Bertz CT molecular complexity index is 1120. The molecule has 4 nitrogen and oxygen atoms in total. The standard InChI is InChI=1S/C20H17F7N2O2S/c21-18(19(22,23)24,20(25,26)27)12-6-7-14-15(10-12)29-11-16-17(14,8-9-28-16)32(30,31)13-4-2-1-3-5-13/h1-7,10,16,28-29H,8-9,11H2. The van der Waals surface area contributed by atoms with Gasteiger partial charge in [0.1, 0.15) is 4.75 Å². The van der Waals surface area contributed by atoms with Gasteiger partial charge in [-0.05, 0) is 36.7 Å². The molecule has 32 heavy (non-hydrogen) atoms. The molecule has 0 aromatic heterocycles. The van der Waals surface area contributed by atoms with Crippen LogP contribution in [0, 0.1) is 0 Å². The molecule has 0 spiro atoms.